The molecule has 36 heavy (non-hydrogen) atoms. The van der Waals surface area contributed by atoms with Crippen LogP contribution >= 0.6 is 23.4 Å². The van der Waals surface area contributed by atoms with Gasteiger partial charge in [-0.25, -0.2) is 0 Å². The number of nitrogens with zero attached hydrogens (tertiary/aromatic N) is 1. The van der Waals surface area contributed by atoms with Crippen molar-refractivity contribution in [2.75, 3.05) is 6.61 Å². The Bertz CT molecular complexity index is 1230. The van der Waals surface area contributed by atoms with Gasteiger partial charge in [0.1, 0.15) is 29.9 Å². The van der Waals surface area contributed by atoms with Gasteiger partial charge in [-0.2, -0.15) is 5.26 Å². The van der Waals surface area contributed by atoms with Gasteiger partial charge in [-0.3, -0.25) is 4.79 Å². The van der Waals surface area contributed by atoms with Crippen molar-refractivity contribution in [2.45, 2.75) is 42.7 Å². The number of hydrogen-bond donors (Lipinski definition) is 5. The molecule has 0 aromatic heterocycles. The number of Topliss-reactive ketones (excluding diaryl/α,β-unsaturated/α-hetero) is 1. The minimum atomic E-state index is -1.56. The van der Waals surface area contributed by atoms with Crippen LogP contribution < -0.4 is 5.32 Å². The summed E-state index contributed by atoms with van der Waals surface area (Å²) < 4.78 is 5.67. The normalized spacial score (nSPS) is 28.5. The first kappa shape index (κ1) is 26.4. The van der Waals surface area contributed by atoms with Gasteiger partial charge < -0.3 is 30.5 Å². The van der Waals surface area contributed by atoms with Crippen molar-refractivity contribution in [2.24, 2.45) is 0 Å². The van der Waals surface area contributed by atoms with Crippen LogP contribution in [0, 0.1) is 11.3 Å². The Morgan fingerprint density at radius 1 is 1.08 bits per heavy atom. The average Bonchev–Trinajstić information content (AvgIpc) is 2.89. The summed E-state index contributed by atoms with van der Waals surface area (Å²) in [6.45, 7) is 0.865. The molecule has 1 fully saturated rings. The lowest BCUT2D eigenvalue weighted by molar-refractivity contribution is -0.205. The zero-order valence-corrected chi connectivity index (χ0v) is 20.8. The number of dihydropyridines is 1. The highest BCUT2D eigenvalue weighted by atomic mass is 35.5. The van der Waals surface area contributed by atoms with E-state index in [1.165, 1.54) is 6.92 Å². The molecule has 4 rings (SSSR count). The van der Waals surface area contributed by atoms with Crippen molar-refractivity contribution in [3.05, 3.63) is 86.9 Å². The molecule has 0 amide bonds. The number of nitriles is 1. The Kier molecular flexibility index (Phi) is 8.17. The number of benzene rings is 2. The monoisotopic (exact) mass is 528 g/mol. The first-order valence-corrected chi connectivity index (χ1v) is 12.5. The number of allylic oxidation sites excluding steroid dienone is 2. The molecule has 2 aromatic carbocycles. The number of nitrogens with one attached hydrogen (secondary N) is 1. The third kappa shape index (κ3) is 5.08. The smallest absolute Gasteiger partial charge is 0.158 e. The second-order valence-electron chi connectivity index (χ2n) is 8.49. The molecule has 0 spiro atoms. The molecule has 1 unspecified atom stereocenters. The van der Waals surface area contributed by atoms with Crippen LogP contribution in [-0.4, -0.2) is 62.7 Å². The summed E-state index contributed by atoms with van der Waals surface area (Å²) in [5, 5.41) is 54.8. The lowest BCUT2D eigenvalue weighted by Gasteiger charge is -2.40. The number of thioether (sulfide) groups is 1. The quantitative estimate of drug-likeness (QED) is 0.381. The first-order valence-electron chi connectivity index (χ1n) is 11.2. The summed E-state index contributed by atoms with van der Waals surface area (Å²) >= 11 is 7.03. The standard InChI is InChI=1S/C26H25ClN2O6S/c1-13(31)19-20(14-7-9-16(27)10-8-14)17(11-28)25(29-21(19)15-5-3-2-4-6-15)36-26-24(34)23(33)22(32)18(12-30)35-26/h2-10,18,20,22-24,26,29-30,32-34H,12H2,1H3/t18-,20?,22-,23+,24-,26+/m1/s1. The van der Waals surface area contributed by atoms with E-state index in [9.17, 15) is 30.5 Å². The van der Waals surface area contributed by atoms with E-state index in [1.54, 1.807) is 24.3 Å². The number of hydrogen-bond acceptors (Lipinski definition) is 9. The van der Waals surface area contributed by atoms with Crippen LogP contribution in [0.1, 0.15) is 24.0 Å². The van der Waals surface area contributed by atoms with Crippen molar-refractivity contribution in [3.8, 4) is 6.07 Å². The Morgan fingerprint density at radius 3 is 2.33 bits per heavy atom. The van der Waals surface area contributed by atoms with Gasteiger partial charge in [0.25, 0.3) is 0 Å². The summed E-state index contributed by atoms with van der Waals surface area (Å²) in [5.74, 6) is -0.973. The van der Waals surface area contributed by atoms with E-state index in [2.05, 4.69) is 11.4 Å². The summed E-state index contributed by atoms with van der Waals surface area (Å²) in [5.41, 5.74) is 1.36. The molecule has 0 bridgehead atoms. The fraction of sp³-hybridized carbons (Fsp3) is 0.308. The molecule has 10 heteroatoms. The van der Waals surface area contributed by atoms with Gasteiger partial charge in [0, 0.05) is 10.6 Å². The summed E-state index contributed by atoms with van der Waals surface area (Å²) in [4.78, 5) is 13.0. The van der Waals surface area contributed by atoms with Crippen LogP contribution in [-0.2, 0) is 9.53 Å². The highest BCUT2D eigenvalue weighted by molar-refractivity contribution is 8.03. The van der Waals surface area contributed by atoms with E-state index in [1.807, 2.05) is 30.3 Å². The van der Waals surface area contributed by atoms with Crippen LogP contribution in [0.5, 0.6) is 0 Å². The number of ketones is 1. The Balaban J connectivity index is 1.85. The van der Waals surface area contributed by atoms with Gasteiger partial charge >= 0.3 is 0 Å². The molecule has 8 nitrogen and oxygen atoms in total. The SMILES string of the molecule is CC(=O)C1=C(c2ccccc2)NC(S[C@@H]2O[C@H](CO)[C@@H](O)[C@H](O)[C@H]2O)=C(C#N)C1c1ccc(Cl)cc1. The predicted molar refractivity (Wildman–Crippen MR) is 135 cm³/mol. The van der Waals surface area contributed by atoms with Crippen molar-refractivity contribution in [1.29, 1.82) is 5.26 Å². The van der Waals surface area contributed by atoms with Gasteiger partial charge in [-0.15, -0.1) is 0 Å². The molecule has 2 aliphatic heterocycles. The Morgan fingerprint density at radius 2 is 1.75 bits per heavy atom. The van der Waals surface area contributed by atoms with Crippen LogP contribution in [0.25, 0.3) is 5.70 Å². The maximum atomic E-state index is 13.0. The van der Waals surface area contributed by atoms with E-state index in [4.69, 9.17) is 16.3 Å². The van der Waals surface area contributed by atoms with Gasteiger partial charge in [-0.1, -0.05) is 65.8 Å². The third-order valence-corrected chi connectivity index (χ3v) is 7.61. The van der Waals surface area contributed by atoms with Crippen LogP contribution in [0.2, 0.25) is 5.02 Å². The zero-order valence-electron chi connectivity index (χ0n) is 19.2. The molecule has 0 saturated carbocycles. The van der Waals surface area contributed by atoms with E-state index in [-0.39, 0.29) is 11.4 Å². The Labute approximate surface area is 217 Å². The van der Waals surface area contributed by atoms with Crippen molar-refractivity contribution < 1.29 is 30.0 Å². The number of aliphatic hydroxyl groups excluding tert-OH is 4. The predicted octanol–water partition coefficient (Wildman–Crippen LogP) is 2.30. The zero-order chi connectivity index (χ0) is 26.0. The van der Waals surface area contributed by atoms with Crippen molar-refractivity contribution in [1.82, 2.24) is 5.32 Å². The third-order valence-electron chi connectivity index (χ3n) is 6.18. The van der Waals surface area contributed by atoms with Crippen LogP contribution in [0.3, 0.4) is 0 Å². The Hall–Kier alpha value is -2.68. The molecule has 5 N–H and O–H groups in total. The van der Waals surface area contributed by atoms with Gasteiger partial charge in [0.15, 0.2) is 5.78 Å². The second-order valence-corrected chi connectivity index (χ2v) is 10.0. The lowest BCUT2D eigenvalue weighted by Crippen LogP contribution is -2.57. The molecule has 0 aliphatic carbocycles. The van der Waals surface area contributed by atoms with Gasteiger partial charge in [-0.05, 0) is 30.2 Å². The van der Waals surface area contributed by atoms with Crippen molar-refractivity contribution in [3.63, 3.8) is 0 Å². The van der Waals surface area contributed by atoms with Gasteiger partial charge in [0.2, 0.25) is 0 Å². The summed E-state index contributed by atoms with van der Waals surface area (Å²) in [7, 11) is 0. The number of ether oxygens (including phenoxy) is 1. The maximum absolute atomic E-state index is 13.0. The molecular formula is C26H25ClN2O6S. The maximum Gasteiger partial charge on any atom is 0.158 e. The highest BCUT2D eigenvalue weighted by Crippen LogP contribution is 2.45. The number of carbonyl (C=O) groups excluding carboxylic acids is 1. The largest absolute Gasteiger partial charge is 0.394 e. The summed E-state index contributed by atoms with van der Waals surface area (Å²) in [6, 6.07) is 18.2. The van der Waals surface area contributed by atoms with E-state index in [0.29, 0.717) is 32.4 Å². The van der Waals surface area contributed by atoms with E-state index >= 15 is 0 Å². The first-order chi connectivity index (χ1) is 17.3. The molecule has 188 valence electrons. The van der Waals surface area contributed by atoms with E-state index in [0.717, 1.165) is 11.8 Å². The number of aliphatic hydroxyl groups is 4. The second kappa shape index (κ2) is 11.2. The average molecular weight is 529 g/mol. The summed E-state index contributed by atoms with van der Waals surface area (Å²) in [6.07, 6.45) is -5.67. The molecule has 6 atom stereocenters. The minimum Gasteiger partial charge on any atom is -0.394 e. The fourth-order valence-corrected chi connectivity index (χ4v) is 5.67. The number of carbonyl (C=O) groups is 1. The van der Waals surface area contributed by atoms with Gasteiger partial charge in [0.05, 0.1) is 34.9 Å². The topological polar surface area (TPSA) is 143 Å². The number of rotatable bonds is 6. The molecule has 2 aliphatic rings. The number of halogens is 1. The van der Waals surface area contributed by atoms with Crippen LogP contribution in [0.15, 0.2) is 70.8 Å². The fourth-order valence-electron chi connectivity index (χ4n) is 4.36. The minimum absolute atomic E-state index is 0.212. The van der Waals surface area contributed by atoms with E-state index < -0.39 is 42.4 Å². The molecule has 1 saturated heterocycles. The lowest BCUT2D eigenvalue weighted by atomic mass is 9.80. The van der Waals surface area contributed by atoms with Crippen molar-refractivity contribution >= 4 is 34.8 Å². The molecule has 2 aromatic rings. The van der Waals surface area contributed by atoms with Crippen LogP contribution in [0.4, 0.5) is 0 Å². The highest BCUT2D eigenvalue weighted by Gasteiger charge is 2.45. The molecule has 2 heterocycles. The molecule has 0 radical (unpaired) electrons. The molecular weight excluding hydrogens is 504 g/mol.